The van der Waals surface area contributed by atoms with Crippen molar-refractivity contribution in [2.24, 2.45) is 0 Å². The molecule has 0 aliphatic carbocycles. The molecule has 82 valence electrons. The van der Waals surface area contributed by atoms with E-state index in [9.17, 15) is 9.90 Å². The van der Waals surface area contributed by atoms with Crippen LogP contribution >= 0.6 is 23.2 Å². The van der Waals surface area contributed by atoms with Crippen molar-refractivity contribution in [2.75, 3.05) is 13.7 Å². The van der Waals surface area contributed by atoms with Crippen molar-refractivity contribution in [3.05, 3.63) is 33.8 Å². The number of aliphatic hydroxyl groups excluding tert-OH is 1. The van der Waals surface area contributed by atoms with Crippen LogP contribution in [0.15, 0.2) is 18.2 Å². The summed E-state index contributed by atoms with van der Waals surface area (Å²) >= 11 is 11.5. The monoisotopic (exact) mass is 248 g/mol. The van der Waals surface area contributed by atoms with E-state index in [1.54, 1.807) is 0 Å². The second-order valence-electron chi connectivity index (χ2n) is 2.99. The molecule has 0 saturated carbocycles. The first-order valence-electron chi connectivity index (χ1n) is 4.22. The summed E-state index contributed by atoms with van der Waals surface area (Å²) in [5.74, 6) is -0.457. The van der Waals surface area contributed by atoms with Crippen LogP contribution in [0.25, 0.3) is 0 Å². The number of hydrogen-bond acceptors (Lipinski definition) is 3. The summed E-state index contributed by atoms with van der Waals surface area (Å²) in [7, 11) is 1.40. The quantitative estimate of drug-likeness (QED) is 0.832. The van der Waals surface area contributed by atoms with Gasteiger partial charge >= 0.3 is 0 Å². The highest BCUT2D eigenvalue weighted by Crippen LogP contribution is 2.20. The lowest BCUT2D eigenvalue weighted by Gasteiger charge is -2.08. The Balaban J connectivity index is 2.90. The molecular formula is C10H10Cl2O3. The van der Waals surface area contributed by atoms with Crippen molar-refractivity contribution in [1.29, 1.82) is 0 Å². The molecule has 0 aromatic heterocycles. The van der Waals surface area contributed by atoms with Crippen molar-refractivity contribution >= 4 is 29.0 Å². The maximum atomic E-state index is 11.6. The summed E-state index contributed by atoms with van der Waals surface area (Å²) in [6, 6.07) is 4.42. The number of ether oxygens (including phenoxy) is 1. The summed E-state index contributed by atoms with van der Waals surface area (Å²) in [4.78, 5) is 11.6. The van der Waals surface area contributed by atoms with Crippen LogP contribution in [0.3, 0.4) is 0 Å². The fourth-order valence-corrected chi connectivity index (χ4v) is 1.65. The predicted octanol–water partition coefficient (Wildman–Crippen LogP) is 2.18. The first-order valence-corrected chi connectivity index (χ1v) is 4.97. The second-order valence-corrected chi connectivity index (χ2v) is 3.87. The maximum absolute atomic E-state index is 11.6. The summed E-state index contributed by atoms with van der Waals surface area (Å²) < 4.78 is 4.67. The van der Waals surface area contributed by atoms with E-state index in [0.717, 1.165) is 0 Å². The van der Waals surface area contributed by atoms with Crippen molar-refractivity contribution < 1.29 is 14.6 Å². The van der Waals surface area contributed by atoms with Gasteiger partial charge in [-0.3, -0.25) is 4.79 Å². The van der Waals surface area contributed by atoms with Crippen LogP contribution in [0, 0.1) is 0 Å². The van der Waals surface area contributed by atoms with Crippen LogP contribution in [0.4, 0.5) is 0 Å². The Morgan fingerprint density at radius 3 is 2.40 bits per heavy atom. The molecule has 1 aromatic rings. The Morgan fingerprint density at radius 2 is 1.93 bits per heavy atom. The summed E-state index contributed by atoms with van der Waals surface area (Å²) in [6.45, 7) is -0.0526. The number of carbonyl (C=O) groups is 1. The van der Waals surface area contributed by atoms with E-state index < -0.39 is 11.9 Å². The molecule has 0 amide bonds. The molecular weight excluding hydrogens is 239 g/mol. The Labute approximate surface area is 97.6 Å². The highest BCUT2D eigenvalue weighted by molar-refractivity contribution is 6.35. The number of carbonyl (C=O) groups excluding carboxylic acids is 1. The number of methoxy groups -OCH3 is 1. The zero-order chi connectivity index (χ0) is 11.4. The van der Waals surface area contributed by atoms with Crippen LogP contribution in [-0.2, 0) is 4.74 Å². The fourth-order valence-electron chi connectivity index (χ4n) is 1.12. The van der Waals surface area contributed by atoms with Gasteiger partial charge < -0.3 is 9.84 Å². The van der Waals surface area contributed by atoms with Crippen LogP contribution in [-0.4, -0.2) is 30.7 Å². The van der Waals surface area contributed by atoms with Gasteiger partial charge in [0.15, 0.2) is 5.78 Å². The summed E-state index contributed by atoms with van der Waals surface area (Å²) in [6.07, 6.45) is -1.19. The van der Waals surface area contributed by atoms with E-state index in [2.05, 4.69) is 4.74 Å². The van der Waals surface area contributed by atoms with E-state index in [1.807, 2.05) is 0 Å². The van der Waals surface area contributed by atoms with Gasteiger partial charge in [-0.1, -0.05) is 23.2 Å². The van der Waals surface area contributed by atoms with Gasteiger partial charge in [-0.2, -0.15) is 0 Å². The number of halogens is 2. The number of Topliss-reactive ketones (excluding diaryl/α,β-unsaturated/α-hetero) is 1. The van der Waals surface area contributed by atoms with Gasteiger partial charge in [-0.25, -0.2) is 0 Å². The molecule has 1 rings (SSSR count). The molecule has 3 nitrogen and oxygen atoms in total. The smallest absolute Gasteiger partial charge is 0.193 e. The fraction of sp³-hybridized carbons (Fsp3) is 0.300. The lowest BCUT2D eigenvalue weighted by atomic mass is 10.1. The van der Waals surface area contributed by atoms with E-state index in [-0.39, 0.29) is 12.2 Å². The normalized spacial score (nSPS) is 12.5. The molecule has 0 aliphatic rings. The van der Waals surface area contributed by atoms with E-state index in [1.165, 1.54) is 25.3 Å². The third-order valence-electron chi connectivity index (χ3n) is 1.77. The van der Waals surface area contributed by atoms with Gasteiger partial charge in [0.25, 0.3) is 0 Å². The molecule has 1 N–H and O–H groups in total. The number of aliphatic hydroxyl groups is 1. The molecule has 0 radical (unpaired) electrons. The third kappa shape index (κ3) is 3.47. The van der Waals surface area contributed by atoms with Crippen LogP contribution in [0.5, 0.6) is 0 Å². The largest absolute Gasteiger partial charge is 0.382 e. The minimum absolute atomic E-state index is 0.0526. The van der Waals surface area contributed by atoms with Gasteiger partial charge in [0.2, 0.25) is 0 Å². The number of hydrogen-bond donors (Lipinski definition) is 1. The molecule has 0 heterocycles. The standard InChI is InChI=1S/C10H10Cl2O3/c1-15-5-9(13)10(14)6-2-7(11)4-8(12)3-6/h2-4,9,13H,5H2,1H3/t9-/m1/s1. The van der Waals surface area contributed by atoms with Gasteiger partial charge in [-0.05, 0) is 18.2 Å². The van der Waals surface area contributed by atoms with E-state index in [4.69, 9.17) is 23.2 Å². The topological polar surface area (TPSA) is 46.5 Å². The molecule has 1 aromatic carbocycles. The zero-order valence-corrected chi connectivity index (χ0v) is 9.55. The molecule has 0 aliphatic heterocycles. The predicted molar refractivity (Wildman–Crippen MR) is 58.7 cm³/mol. The lowest BCUT2D eigenvalue weighted by Crippen LogP contribution is -2.25. The maximum Gasteiger partial charge on any atom is 0.193 e. The lowest BCUT2D eigenvalue weighted by molar-refractivity contribution is 0.0476. The van der Waals surface area contributed by atoms with Gasteiger partial charge in [0, 0.05) is 22.7 Å². The van der Waals surface area contributed by atoms with E-state index in [0.29, 0.717) is 10.0 Å². The van der Waals surface area contributed by atoms with Gasteiger partial charge in [0.05, 0.1) is 6.61 Å². The SMILES string of the molecule is COC[C@@H](O)C(=O)c1cc(Cl)cc(Cl)c1. The first kappa shape index (κ1) is 12.5. The van der Waals surface area contributed by atoms with E-state index >= 15 is 0 Å². The van der Waals surface area contributed by atoms with Crippen molar-refractivity contribution in [3.8, 4) is 0 Å². The average molecular weight is 249 g/mol. The zero-order valence-electron chi connectivity index (χ0n) is 8.04. The van der Waals surface area contributed by atoms with Crippen molar-refractivity contribution in [2.45, 2.75) is 6.10 Å². The Morgan fingerprint density at radius 1 is 1.40 bits per heavy atom. The highest BCUT2D eigenvalue weighted by atomic mass is 35.5. The van der Waals surface area contributed by atoms with Gasteiger partial charge in [0.1, 0.15) is 6.10 Å². The van der Waals surface area contributed by atoms with Crippen LogP contribution in [0.2, 0.25) is 10.0 Å². The molecule has 15 heavy (non-hydrogen) atoms. The Hall–Kier alpha value is -0.610. The Kier molecular flexibility index (Phi) is 4.54. The third-order valence-corrected chi connectivity index (χ3v) is 2.21. The second kappa shape index (κ2) is 5.47. The molecule has 5 heteroatoms. The summed E-state index contributed by atoms with van der Waals surface area (Å²) in [5.41, 5.74) is 0.275. The van der Waals surface area contributed by atoms with Crippen molar-refractivity contribution in [1.82, 2.24) is 0 Å². The van der Waals surface area contributed by atoms with Crippen LogP contribution < -0.4 is 0 Å². The number of ketones is 1. The molecule has 0 saturated heterocycles. The molecule has 0 unspecified atom stereocenters. The minimum Gasteiger partial charge on any atom is -0.382 e. The molecule has 1 atom stereocenters. The van der Waals surface area contributed by atoms with Crippen LogP contribution in [0.1, 0.15) is 10.4 Å². The first-order chi connectivity index (χ1) is 7.04. The number of rotatable bonds is 4. The van der Waals surface area contributed by atoms with Gasteiger partial charge in [-0.15, -0.1) is 0 Å². The molecule has 0 bridgehead atoms. The highest BCUT2D eigenvalue weighted by Gasteiger charge is 2.17. The van der Waals surface area contributed by atoms with Crippen molar-refractivity contribution in [3.63, 3.8) is 0 Å². The summed E-state index contributed by atoms with van der Waals surface area (Å²) in [5, 5.41) is 10.1. The number of benzene rings is 1. The minimum atomic E-state index is -1.19. The average Bonchev–Trinajstić information content (AvgIpc) is 2.15. The molecule has 0 fully saturated rings. The Bertz CT molecular complexity index is 345. The molecule has 0 spiro atoms.